The molecule has 1 saturated heterocycles. The van der Waals surface area contributed by atoms with Gasteiger partial charge < -0.3 is 5.73 Å². The van der Waals surface area contributed by atoms with E-state index >= 15 is 0 Å². The molecule has 4 heteroatoms. The molecule has 1 aromatic rings. The molecule has 0 radical (unpaired) electrons. The van der Waals surface area contributed by atoms with Crippen LogP contribution in [0.1, 0.15) is 24.1 Å². The number of nitrogens with two attached hydrogens (primary N) is 1. The quantitative estimate of drug-likeness (QED) is 0.867. The lowest BCUT2D eigenvalue weighted by molar-refractivity contribution is -0.119. The fraction of sp³-hybridized carbons (Fsp3) is 0.571. The van der Waals surface area contributed by atoms with Gasteiger partial charge in [-0.3, -0.25) is 14.7 Å². The number of nitrogens with zero attached hydrogens (tertiary/aromatic N) is 2. The summed E-state index contributed by atoms with van der Waals surface area (Å²) in [4.78, 5) is 17.4. The largest absolute Gasteiger partial charge is 0.369 e. The first-order valence-corrected chi connectivity index (χ1v) is 6.55. The highest BCUT2D eigenvalue weighted by molar-refractivity contribution is 5.75. The van der Waals surface area contributed by atoms with Crippen LogP contribution in [0.2, 0.25) is 0 Å². The first kappa shape index (κ1) is 13.0. The second kappa shape index (κ2) is 5.96. The van der Waals surface area contributed by atoms with Crippen molar-refractivity contribution < 1.29 is 4.79 Å². The van der Waals surface area contributed by atoms with Gasteiger partial charge in [-0.05, 0) is 56.8 Å². The molecule has 1 amide bonds. The number of amides is 1. The van der Waals surface area contributed by atoms with Gasteiger partial charge in [0.2, 0.25) is 5.91 Å². The molecule has 0 aromatic carbocycles. The summed E-state index contributed by atoms with van der Waals surface area (Å²) in [5.41, 5.74) is 7.58. The molecule has 0 saturated carbocycles. The maximum absolute atomic E-state index is 10.8. The average molecular weight is 247 g/mol. The normalized spacial score (nSPS) is 17.8. The smallest absolute Gasteiger partial charge is 0.231 e. The average Bonchev–Trinajstić information content (AvgIpc) is 2.34. The third kappa shape index (κ3) is 3.81. The fourth-order valence-electron chi connectivity index (χ4n) is 2.48. The monoisotopic (exact) mass is 247 g/mol. The van der Waals surface area contributed by atoms with Crippen molar-refractivity contribution >= 4 is 5.91 Å². The summed E-state index contributed by atoms with van der Waals surface area (Å²) in [6.07, 6.45) is 5.23. The summed E-state index contributed by atoms with van der Waals surface area (Å²) in [5.74, 6) is 0.456. The summed E-state index contributed by atoms with van der Waals surface area (Å²) in [7, 11) is 0. The van der Waals surface area contributed by atoms with E-state index in [0.717, 1.165) is 32.4 Å². The summed E-state index contributed by atoms with van der Waals surface area (Å²) in [6, 6.07) is 4.23. The second-order valence-electron chi connectivity index (χ2n) is 5.22. The number of hydrogen-bond acceptors (Lipinski definition) is 3. The Hall–Kier alpha value is -1.42. The molecule has 1 aliphatic heterocycles. The lowest BCUT2D eigenvalue weighted by atomic mass is 9.92. The fourth-order valence-corrected chi connectivity index (χ4v) is 2.48. The Balaban J connectivity index is 1.79. The van der Waals surface area contributed by atoms with Crippen LogP contribution in [0.3, 0.4) is 0 Å². The molecule has 0 unspecified atom stereocenters. The molecule has 0 atom stereocenters. The van der Waals surface area contributed by atoms with Crippen LogP contribution in [0.15, 0.2) is 18.3 Å². The zero-order valence-electron chi connectivity index (χ0n) is 10.9. The number of carbonyl (C=O) groups excluding carboxylic acids is 1. The topological polar surface area (TPSA) is 59.2 Å². The van der Waals surface area contributed by atoms with Crippen LogP contribution in [-0.4, -0.2) is 35.4 Å². The standard InChI is InChI=1S/C14H21N3O/c1-11-2-3-13(16-9-11)8-12-4-6-17(7-5-12)10-14(15)18/h2-3,9,12H,4-8,10H2,1H3,(H2,15,18). The second-order valence-corrected chi connectivity index (χ2v) is 5.22. The molecule has 1 aliphatic rings. The van der Waals surface area contributed by atoms with Gasteiger partial charge in [-0.1, -0.05) is 6.07 Å². The van der Waals surface area contributed by atoms with Gasteiger partial charge in [0, 0.05) is 11.9 Å². The van der Waals surface area contributed by atoms with E-state index in [2.05, 4.69) is 28.9 Å². The molecule has 2 N–H and O–H groups in total. The number of likely N-dealkylation sites (tertiary alicyclic amines) is 1. The third-order valence-electron chi connectivity index (χ3n) is 3.56. The molecule has 0 aliphatic carbocycles. The first-order chi connectivity index (χ1) is 8.63. The predicted octanol–water partition coefficient (Wildman–Crippen LogP) is 1.13. The Morgan fingerprint density at radius 3 is 2.72 bits per heavy atom. The van der Waals surface area contributed by atoms with Crippen molar-refractivity contribution in [3.05, 3.63) is 29.6 Å². The van der Waals surface area contributed by atoms with Crippen LogP contribution in [0.25, 0.3) is 0 Å². The van der Waals surface area contributed by atoms with Crippen LogP contribution in [-0.2, 0) is 11.2 Å². The minimum absolute atomic E-state index is 0.228. The van der Waals surface area contributed by atoms with E-state index in [1.165, 1.54) is 11.3 Å². The van der Waals surface area contributed by atoms with Gasteiger partial charge in [-0.25, -0.2) is 0 Å². The van der Waals surface area contributed by atoms with E-state index < -0.39 is 0 Å². The molecule has 98 valence electrons. The maximum Gasteiger partial charge on any atom is 0.231 e. The van der Waals surface area contributed by atoms with Gasteiger partial charge in [-0.2, -0.15) is 0 Å². The number of primary amides is 1. The van der Waals surface area contributed by atoms with Gasteiger partial charge in [-0.15, -0.1) is 0 Å². The van der Waals surface area contributed by atoms with Crippen LogP contribution >= 0.6 is 0 Å². The summed E-state index contributed by atoms with van der Waals surface area (Å²) in [6.45, 7) is 4.40. The summed E-state index contributed by atoms with van der Waals surface area (Å²) >= 11 is 0. The van der Waals surface area contributed by atoms with Crippen LogP contribution < -0.4 is 5.73 Å². The first-order valence-electron chi connectivity index (χ1n) is 6.55. The molecule has 0 bridgehead atoms. The Kier molecular flexibility index (Phi) is 4.31. The number of pyridine rings is 1. The van der Waals surface area contributed by atoms with Crippen molar-refractivity contribution in [2.45, 2.75) is 26.2 Å². The van der Waals surface area contributed by atoms with Gasteiger partial charge in [0.05, 0.1) is 6.54 Å². The number of aromatic nitrogens is 1. The van der Waals surface area contributed by atoms with Gasteiger partial charge in [0.1, 0.15) is 0 Å². The Labute approximate surface area is 108 Å². The third-order valence-corrected chi connectivity index (χ3v) is 3.56. The highest BCUT2D eigenvalue weighted by Crippen LogP contribution is 2.20. The van der Waals surface area contributed by atoms with Crippen LogP contribution in [0.4, 0.5) is 0 Å². The SMILES string of the molecule is Cc1ccc(CC2CCN(CC(N)=O)CC2)nc1. The predicted molar refractivity (Wildman–Crippen MR) is 71.0 cm³/mol. The van der Waals surface area contributed by atoms with Gasteiger partial charge >= 0.3 is 0 Å². The summed E-state index contributed by atoms with van der Waals surface area (Å²) < 4.78 is 0. The molecular weight excluding hydrogens is 226 g/mol. The lowest BCUT2D eigenvalue weighted by Gasteiger charge is -2.30. The molecule has 1 fully saturated rings. The maximum atomic E-state index is 10.8. The number of aryl methyl sites for hydroxylation is 1. The molecule has 2 rings (SSSR count). The van der Waals surface area contributed by atoms with Crippen molar-refractivity contribution in [1.82, 2.24) is 9.88 Å². The Morgan fingerprint density at radius 2 is 2.17 bits per heavy atom. The minimum atomic E-state index is -0.228. The van der Waals surface area contributed by atoms with Crippen molar-refractivity contribution in [3.8, 4) is 0 Å². The molecule has 2 heterocycles. The van der Waals surface area contributed by atoms with Crippen molar-refractivity contribution in [3.63, 3.8) is 0 Å². The number of piperidine rings is 1. The van der Waals surface area contributed by atoms with E-state index in [1.54, 1.807) is 0 Å². The van der Waals surface area contributed by atoms with E-state index in [0.29, 0.717) is 12.5 Å². The van der Waals surface area contributed by atoms with Crippen molar-refractivity contribution in [1.29, 1.82) is 0 Å². The molecule has 0 spiro atoms. The number of rotatable bonds is 4. The molecule has 18 heavy (non-hydrogen) atoms. The minimum Gasteiger partial charge on any atom is -0.369 e. The van der Waals surface area contributed by atoms with E-state index in [-0.39, 0.29) is 5.91 Å². The van der Waals surface area contributed by atoms with Crippen molar-refractivity contribution in [2.24, 2.45) is 11.7 Å². The molecule has 1 aromatic heterocycles. The van der Waals surface area contributed by atoms with E-state index in [4.69, 9.17) is 5.73 Å². The Bertz CT molecular complexity index is 394. The van der Waals surface area contributed by atoms with Crippen LogP contribution in [0.5, 0.6) is 0 Å². The lowest BCUT2D eigenvalue weighted by Crippen LogP contribution is -2.39. The zero-order chi connectivity index (χ0) is 13.0. The zero-order valence-corrected chi connectivity index (χ0v) is 10.9. The molecular formula is C14H21N3O. The highest BCUT2D eigenvalue weighted by Gasteiger charge is 2.20. The number of hydrogen-bond donors (Lipinski definition) is 1. The Morgan fingerprint density at radius 1 is 1.44 bits per heavy atom. The summed E-state index contributed by atoms with van der Waals surface area (Å²) in [5, 5.41) is 0. The van der Waals surface area contributed by atoms with E-state index in [9.17, 15) is 4.79 Å². The van der Waals surface area contributed by atoms with Crippen molar-refractivity contribution in [2.75, 3.05) is 19.6 Å². The van der Waals surface area contributed by atoms with Crippen LogP contribution in [0, 0.1) is 12.8 Å². The number of carbonyl (C=O) groups is 1. The van der Waals surface area contributed by atoms with Gasteiger partial charge in [0.15, 0.2) is 0 Å². The van der Waals surface area contributed by atoms with E-state index in [1.807, 2.05) is 6.20 Å². The molecule has 4 nitrogen and oxygen atoms in total. The van der Waals surface area contributed by atoms with Gasteiger partial charge in [0.25, 0.3) is 0 Å². The highest BCUT2D eigenvalue weighted by atomic mass is 16.1.